The molecule has 1 amide bonds. The third-order valence-electron chi connectivity index (χ3n) is 6.38. The standard InChI is InChI=1S/C27H25N5O4S/c1-15-23(25(34)30-19-8-6-5-7-9-19)24(17-10-11-20(33)21(12-17)36-4)32-26(35)22(37-27(32)29-15)13-18-14-28-31(3)16(18)2/h5-14,24,33H,1-4H3,(H,30,34)/b22-13+/t24-/m0/s1. The number of phenols is 1. The van der Waals surface area contributed by atoms with Gasteiger partial charge in [0, 0.05) is 24.0 Å². The van der Waals surface area contributed by atoms with Crippen LogP contribution in [0.3, 0.4) is 0 Å². The van der Waals surface area contributed by atoms with Gasteiger partial charge in [-0.1, -0.05) is 35.6 Å². The van der Waals surface area contributed by atoms with Gasteiger partial charge in [-0.05, 0) is 49.8 Å². The smallest absolute Gasteiger partial charge is 0.271 e. The molecule has 0 fully saturated rings. The lowest BCUT2D eigenvalue weighted by molar-refractivity contribution is -0.113. The number of allylic oxidation sites excluding steroid dienone is 1. The number of nitrogens with one attached hydrogen (secondary N) is 1. The predicted molar refractivity (Wildman–Crippen MR) is 141 cm³/mol. The zero-order valence-electron chi connectivity index (χ0n) is 20.7. The van der Waals surface area contributed by atoms with Crippen LogP contribution in [0.15, 0.2) is 75.8 Å². The van der Waals surface area contributed by atoms with Gasteiger partial charge in [-0.25, -0.2) is 4.99 Å². The number of thiazole rings is 1. The summed E-state index contributed by atoms with van der Waals surface area (Å²) in [6.45, 7) is 3.69. The Bertz CT molecular complexity index is 1730. The van der Waals surface area contributed by atoms with Crippen molar-refractivity contribution >= 4 is 29.0 Å². The summed E-state index contributed by atoms with van der Waals surface area (Å²) in [4.78, 5) is 32.5. The van der Waals surface area contributed by atoms with Crippen molar-refractivity contribution in [3.63, 3.8) is 0 Å². The second-order valence-corrected chi connectivity index (χ2v) is 9.65. The number of rotatable bonds is 5. The van der Waals surface area contributed by atoms with Crippen LogP contribution in [-0.4, -0.2) is 32.5 Å². The third kappa shape index (κ3) is 4.36. The lowest BCUT2D eigenvalue weighted by atomic mass is 9.94. The first-order valence-corrected chi connectivity index (χ1v) is 12.3. The summed E-state index contributed by atoms with van der Waals surface area (Å²) in [5.41, 5.74) is 3.52. The minimum absolute atomic E-state index is 0.0401. The molecule has 0 spiro atoms. The Kier molecular flexibility index (Phi) is 6.26. The Morgan fingerprint density at radius 3 is 2.62 bits per heavy atom. The number of amides is 1. The number of aryl methyl sites for hydroxylation is 1. The molecule has 37 heavy (non-hydrogen) atoms. The molecule has 4 aromatic rings. The molecule has 2 N–H and O–H groups in total. The summed E-state index contributed by atoms with van der Waals surface area (Å²) in [6.07, 6.45) is 3.50. The third-order valence-corrected chi connectivity index (χ3v) is 7.36. The summed E-state index contributed by atoms with van der Waals surface area (Å²) in [5, 5.41) is 17.4. The van der Waals surface area contributed by atoms with Crippen molar-refractivity contribution < 1.29 is 14.6 Å². The molecule has 0 unspecified atom stereocenters. The molecule has 3 heterocycles. The number of methoxy groups -OCH3 is 1. The van der Waals surface area contributed by atoms with E-state index >= 15 is 0 Å². The number of carbonyl (C=O) groups is 1. The summed E-state index contributed by atoms with van der Waals surface area (Å²) >= 11 is 1.25. The molecule has 0 saturated heterocycles. The number of aromatic nitrogens is 3. The van der Waals surface area contributed by atoms with E-state index in [1.165, 1.54) is 29.1 Å². The van der Waals surface area contributed by atoms with Crippen LogP contribution in [0.4, 0.5) is 5.69 Å². The lowest BCUT2D eigenvalue weighted by Gasteiger charge is -2.25. The van der Waals surface area contributed by atoms with Crippen LogP contribution in [0, 0.1) is 6.92 Å². The number of hydrogen-bond donors (Lipinski definition) is 2. The minimum atomic E-state index is -0.786. The molecule has 9 nitrogen and oxygen atoms in total. The van der Waals surface area contributed by atoms with Crippen molar-refractivity contribution in [3.05, 3.63) is 103 Å². The topological polar surface area (TPSA) is 111 Å². The Hall–Kier alpha value is -4.44. The van der Waals surface area contributed by atoms with Gasteiger partial charge in [-0.15, -0.1) is 0 Å². The summed E-state index contributed by atoms with van der Waals surface area (Å²) in [6, 6.07) is 13.1. The van der Waals surface area contributed by atoms with Gasteiger partial charge < -0.3 is 15.2 Å². The highest BCUT2D eigenvalue weighted by Crippen LogP contribution is 2.35. The quantitative estimate of drug-likeness (QED) is 0.425. The number of aromatic hydroxyl groups is 1. The fourth-order valence-electron chi connectivity index (χ4n) is 4.31. The Labute approximate surface area is 216 Å². The maximum Gasteiger partial charge on any atom is 0.271 e. The maximum atomic E-state index is 13.8. The molecule has 10 heteroatoms. The molecule has 188 valence electrons. The Morgan fingerprint density at radius 2 is 1.95 bits per heavy atom. The normalized spacial score (nSPS) is 15.4. The van der Waals surface area contributed by atoms with E-state index in [4.69, 9.17) is 4.74 Å². The zero-order chi connectivity index (χ0) is 26.3. The average Bonchev–Trinajstić information content (AvgIpc) is 3.37. The van der Waals surface area contributed by atoms with E-state index in [1.54, 1.807) is 48.1 Å². The molecule has 1 aliphatic rings. The maximum absolute atomic E-state index is 13.8. The average molecular weight is 516 g/mol. The molecular weight excluding hydrogens is 490 g/mol. The predicted octanol–water partition coefficient (Wildman–Crippen LogP) is 2.63. The van der Waals surface area contributed by atoms with E-state index < -0.39 is 6.04 Å². The van der Waals surface area contributed by atoms with E-state index in [1.807, 2.05) is 32.2 Å². The first kappa shape index (κ1) is 24.3. The van der Waals surface area contributed by atoms with Crippen LogP contribution in [0.5, 0.6) is 11.5 Å². The van der Waals surface area contributed by atoms with Crippen LogP contribution in [-0.2, 0) is 11.8 Å². The first-order chi connectivity index (χ1) is 17.8. The highest BCUT2D eigenvalue weighted by Gasteiger charge is 2.33. The summed E-state index contributed by atoms with van der Waals surface area (Å²) in [7, 11) is 3.29. The van der Waals surface area contributed by atoms with Gasteiger partial charge in [0.25, 0.3) is 11.5 Å². The van der Waals surface area contributed by atoms with E-state index in [2.05, 4.69) is 15.4 Å². The van der Waals surface area contributed by atoms with Crippen molar-refractivity contribution in [2.24, 2.45) is 12.0 Å². The van der Waals surface area contributed by atoms with Crippen LogP contribution in [0.25, 0.3) is 6.08 Å². The number of phenolic OH excluding ortho intramolecular Hbond substituents is 1. The zero-order valence-corrected chi connectivity index (χ0v) is 21.5. The lowest BCUT2D eigenvalue weighted by Crippen LogP contribution is -2.40. The highest BCUT2D eigenvalue weighted by molar-refractivity contribution is 7.07. The SMILES string of the molecule is COc1cc([C@H]2C(C(=O)Nc3ccccc3)=C(C)N=c3s/c(=C/c4cnn(C)c4C)c(=O)n32)ccc1O. The molecule has 0 bridgehead atoms. The molecule has 2 aromatic carbocycles. The fourth-order valence-corrected chi connectivity index (χ4v) is 5.35. The Morgan fingerprint density at radius 1 is 1.19 bits per heavy atom. The summed E-state index contributed by atoms with van der Waals surface area (Å²) < 4.78 is 9.07. The molecule has 1 atom stereocenters. The number of fused-ring (bicyclic) bond motifs is 1. The second-order valence-electron chi connectivity index (χ2n) is 8.64. The number of anilines is 1. The molecule has 0 radical (unpaired) electrons. The van der Waals surface area contributed by atoms with E-state index in [0.29, 0.717) is 31.9 Å². The van der Waals surface area contributed by atoms with Crippen LogP contribution in [0.2, 0.25) is 0 Å². The van der Waals surface area contributed by atoms with Crippen LogP contribution >= 0.6 is 11.3 Å². The van der Waals surface area contributed by atoms with Gasteiger partial charge in [0.05, 0.1) is 35.2 Å². The van der Waals surface area contributed by atoms with Gasteiger partial charge in [0.15, 0.2) is 16.3 Å². The largest absolute Gasteiger partial charge is 0.504 e. The van der Waals surface area contributed by atoms with Gasteiger partial charge in [0.2, 0.25) is 0 Å². The minimum Gasteiger partial charge on any atom is -0.504 e. The molecule has 5 rings (SSSR count). The van der Waals surface area contributed by atoms with Crippen molar-refractivity contribution in [1.29, 1.82) is 0 Å². The molecular formula is C27H25N5O4S. The van der Waals surface area contributed by atoms with Crippen LogP contribution < -0.4 is 24.9 Å². The first-order valence-electron chi connectivity index (χ1n) is 11.5. The number of hydrogen-bond acceptors (Lipinski definition) is 7. The van der Waals surface area contributed by atoms with Crippen LogP contribution in [0.1, 0.15) is 29.8 Å². The van der Waals surface area contributed by atoms with E-state index in [0.717, 1.165) is 11.3 Å². The van der Waals surface area contributed by atoms with Crippen molar-refractivity contribution in [2.75, 3.05) is 12.4 Å². The van der Waals surface area contributed by atoms with Crippen molar-refractivity contribution in [3.8, 4) is 11.5 Å². The molecule has 2 aromatic heterocycles. The second kappa shape index (κ2) is 9.55. The number of para-hydroxylation sites is 1. The van der Waals surface area contributed by atoms with Gasteiger partial charge in [-0.2, -0.15) is 5.10 Å². The number of ether oxygens (including phenoxy) is 1. The van der Waals surface area contributed by atoms with Gasteiger partial charge in [-0.3, -0.25) is 18.8 Å². The van der Waals surface area contributed by atoms with Gasteiger partial charge in [0.1, 0.15) is 0 Å². The number of benzene rings is 2. The number of nitrogens with zero attached hydrogens (tertiary/aromatic N) is 4. The van der Waals surface area contributed by atoms with Crippen molar-refractivity contribution in [1.82, 2.24) is 14.3 Å². The van der Waals surface area contributed by atoms with Gasteiger partial charge >= 0.3 is 0 Å². The number of carbonyl (C=O) groups excluding carboxylic acids is 1. The van der Waals surface area contributed by atoms with E-state index in [-0.39, 0.29) is 23.0 Å². The molecule has 0 aliphatic carbocycles. The van der Waals surface area contributed by atoms with E-state index in [9.17, 15) is 14.7 Å². The molecule has 0 saturated carbocycles. The highest BCUT2D eigenvalue weighted by atomic mass is 32.1. The summed E-state index contributed by atoms with van der Waals surface area (Å²) in [5.74, 6) is -0.174. The Balaban J connectivity index is 1.71. The monoisotopic (exact) mass is 515 g/mol. The molecule has 1 aliphatic heterocycles. The fraction of sp³-hybridized carbons (Fsp3) is 0.185. The van der Waals surface area contributed by atoms with Crippen molar-refractivity contribution in [2.45, 2.75) is 19.9 Å².